The molecule has 0 radical (unpaired) electrons. The van der Waals surface area contributed by atoms with Gasteiger partial charge in [0.25, 0.3) is 0 Å². The summed E-state index contributed by atoms with van der Waals surface area (Å²) in [4.78, 5) is 0. The van der Waals surface area contributed by atoms with Gasteiger partial charge in [0, 0.05) is 25.0 Å². The van der Waals surface area contributed by atoms with Gasteiger partial charge in [-0.25, -0.2) is 0 Å². The predicted octanol–water partition coefficient (Wildman–Crippen LogP) is 1.29. The largest absolute Gasteiger partial charge is 0.350 e. The van der Waals surface area contributed by atoms with Crippen molar-refractivity contribution in [1.82, 2.24) is 9.88 Å². The fraction of sp³-hybridized carbons (Fsp3) is 0.556. The number of nitrogens with one attached hydrogen (secondary N) is 1. The lowest BCUT2D eigenvalue weighted by Crippen LogP contribution is -2.11. The van der Waals surface area contributed by atoms with E-state index in [0.29, 0.717) is 0 Å². The van der Waals surface area contributed by atoms with Crippen molar-refractivity contribution in [2.75, 3.05) is 6.54 Å². The van der Waals surface area contributed by atoms with Crippen LogP contribution in [-0.4, -0.2) is 11.1 Å². The molecular formula is C9H14N2. The maximum atomic E-state index is 3.40. The summed E-state index contributed by atoms with van der Waals surface area (Å²) in [7, 11) is 0. The van der Waals surface area contributed by atoms with E-state index in [1.165, 1.54) is 24.2 Å². The summed E-state index contributed by atoms with van der Waals surface area (Å²) in [5, 5.41) is 3.40. The third-order valence-corrected chi connectivity index (χ3v) is 2.18. The fourth-order valence-electron chi connectivity index (χ4n) is 1.66. The zero-order chi connectivity index (χ0) is 7.68. The van der Waals surface area contributed by atoms with E-state index in [4.69, 9.17) is 0 Å². The zero-order valence-electron chi connectivity index (χ0n) is 6.93. The molecule has 0 aromatic carbocycles. The highest BCUT2D eigenvalue weighted by Crippen LogP contribution is 2.10. The van der Waals surface area contributed by atoms with Crippen LogP contribution < -0.4 is 5.32 Å². The second-order valence-corrected chi connectivity index (χ2v) is 3.23. The van der Waals surface area contributed by atoms with Crippen LogP contribution in [0.4, 0.5) is 0 Å². The molecule has 0 saturated heterocycles. The Balaban J connectivity index is 2.32. The van der Waals surface area contributed by atoms with Gasteiger partial charge in [0.15, 0.2) is 0 Å². The summed E-state index contributed by atoms with van der Waals surface area (Å²) in [6.07, 6.45) is 3.49. The van der Waals surface area contributed by atoms with Crippen LogP contribution in [0.15, 0.2) is 12.3 Å². The molecule has 2 nitrogen and oxygen atoms in total. The maximum Gasteiger partial charge on any atom is 0.0359 e. The van der Waals surface area contributed by atoms with Gasteiger partial charge in [-0.05, 0) is 31.5 Å². The monoisotopic (exact) mass is 150 g/mol. The average Bonchev–Trinajstić information content (AvgIpc) is 2.17. The molecule has 0 amide bonds. The molecule has 0 spiro atoms. The minimum atomic E-state index is 1.04. The Morgan fingerprint density at radius 2 is 2.45 bits per heavy atom. The van der Waals surface area contributed by atoms with Gasteiger partial charge in [0.2, 0.25) is 0 Å². The van der Waals surface area contributed by atoms with E-state index in [1.807, 2.05) is 0 Å². The maximum absolute atomic E-state index is 3.40. The molecule has 0 aliphatic carbocycles. The molecule has 0 atom stereocenters. The van der Waals surface area contributed by atoms with Gasteiger partial charge in [-0.3, -0.25) is 0 Å². The number of rotatable bonds is 0. The van der Waals surface area contributed by atoms with Crippen LogP contribution in [0.2, 0.25) is 0 Å². The van der Waals surface area contributed by atoms with Gasteiger partial charge in [-0.1, -0.05) is 0 Å². The van der Waals surface area contributed by atoms with Crippen LogP contribution >= 0.6 is 0 Å². The molecule has 2 heteroatoms. The molecule has 0 bridgehead atoms. The summed E-state index contributed by atoms with van der Waals surface area (Å²) in [6, 6.07) is 2.26. The number of hydrogen-bond acceptors (Lipinski definition) is 1. The lowest BCUT2D eigenvalue weighted by Gasteiger charge is -2.00. The van der Waals surface area contributed by atoms with E-state index >= 15 is 0 Å². The van der Waals surface area contributed by atoms with Crippen molar-refractivity contribution in [2.45, 2.75) is 26.4 Å². The molecular weight excluding hydrogens is 136 g/mol. The van der Waals surface area contributed by atoms with Crippen LogP contribution in [0.25, 0.3) is 0 Å². The van der Waals surface area contributed by atoms with Crippen molar-refractivity contribution >= 4 is 0 Å². The van der Waals surface area contributed by atoms with E-state index in [9.17, 15) is 0 Å². The lowest BCUT2D eigenvalue weighted by molar-refractivity contribution is 0.644. The summed E-state index contributed by atoms with van der Waals surface area (Å²) in [5.74, 6) is 0. The third kappa shape index (κ3) is 1.31. The lowest BCUT2D eigenvalue weighted by atomic mass is 10.3. The van der Waals surface area contributed by atoms with Crippen LogP contribution in [-0.2, 0) is 13.1 Å². The van der Waals surface area contributed by atoms with Crippen molar-refractivity contribution < 1.29 is 0 Å². The third-order valence-electron chi connectivity index (χ3n) is 2.18. The number of aryl methyl sites for hydroxylation is 2. The van der Waals surface area contributed by atoms with Crippen LogP contribution in [0.1, 0.15) is 17.7 Å². The summed E-state index contributed by atoms with van der Waals surface area (Å²) in [6.45, 7) is 5.52. The number of aromatic nitrogens is 1. The van der Waals surface area contributed by atoms with Crippen molar-refractivity contribution in [3.63, 3.8) is 0 Å². The standard InChI is InChI=1S/C9H14N2/c1-8-5-9-6-10-3-2-4-11(9)7-8/h5,7,10H,2-4,6H2,1H3. The summed E-state index contributed by atoms with van der Waals surface area (Å²) in [5.41, 5.74) is 2.81. The molecule has 11 heavy (non-hydrogen) atoms. The first-order chi connectivity index (χ1) is 5.36. The number of hydrogen-bond donors (Lipinski definition) is 1. The minimum absolute atomic E-state index is 1.04. The van der Waals surface area contributed by atoms with E-state index in [1.54, 1.807) is 0 Å². The Morgan fingerprint density at radius 3 is 3.36 bits per heavy atom. The van der Waals surface area contributed by atoms with Gasteiger partial charge < -0.3 is 9.88 Å². The second kappa shape index (κ2) is 2.70. The van der Waals surface area contributed by atoms with E-state index in [2.05, 4.69) is 29.1 Å². The molecule has 0 fully saturated rings. The highest BCUT2D eigenvalue weighted by molar-refractivity contribution is 5.17. The Labute approximate surface area is 67.2 Å². The highest BCUT2D eigenvalue weighted by Gasteiger charge is 2.05. The number of fused-ring (bicyclic) bond motifs is 1. The molecule has 0 saturated carbocycles. The predicted molar refractivity (Wildman–Crippen MR) is 45.5 cm³/mol. The van der Waals surface area contributed by atoms with E-state index in [-0.39, 0.29) is 0 Å². The first kappa shape index (κ1) is 6.92. The minimum Gasteiger partial charge on any atom is -0.350 e. The normalized spacial score (nSPS) is 17.5. The zero-order valence-corrected chi connectivity index (χ0v) is 6.93. The van der Waals surface area contributed by atoms with Crippen molar-refractivity contribution in [3.8, 4) is 0 Å². The quantitative estimate of drug-likeness (QED) is 0.589. The Morgan fingerprint density at radius 1 is 1.55 bits per heavy atom. The smallest absolute Gasteiger partial charge is 0.0359 e. The van der Waals surface area contributed by atoms with Crippen molar-refractivity contribution in [3.05, 3.63) is 23.5 Å². The van der Waals surface area contributed by atoms with Gasteiger partial charge >= 0.3 is 0 Å². The van der Waals surface area contributed by atoms with Crippen LogP contribution in [0, 0.1) is 6.92 Å². The first-order valence-electron chi connectivity index (χ1n) is 4.22. The molecule has 2 rings (SSSR count). The van der Waals surface area contributed by atoms with Gasteiger partial charge in [-0.15, -0.1) is 0 Å². The second-order valence-electron chi connectivity index (χ2n) is 3.23. The van der Waals surface area contributed by atoms with Gasteiger partial charge in [0.05, 0.1) is 0 Å². The van der Waals surface area contributed by atoms with Crippen LogP contribution in [0.3, 0.4) is 0 Å². The Kier molecular flexibility index (Phi) is 1.70. The first-order valence-corrected chi connectivity index (χ1v) is 4.22. The SMILES string of the molecule is Cc1cc2n(c1)CCCNC2. The summed E-state index contributed by atoms with van der Waals surface area (Å²) < 4.78 is 2.36. The molecule has 1 aromatic heterocycles. The van der Waals surface area contributed by atoms with Gasteiger partial charge in [0.1, 0.15) is 0 Å². The molecule has 0 unspecified atom stereocenters. The molecule has 1 aliphatic rings. The molecule has 1 aromatic rings. The molecule has 2 heterocycles. The van der Waals surface area contributed by atoms with Crippen LogP contribution in [0.5, 0.6) is 0 Å². The van der Waals surface area contributed by atoms with Crippen molar-refractivity contribution in [2.24, 2.45) is 0 Å². The van der Waals surface area contributed by atoms with E-state index in [0.717, 1.165) is 13.1 Å². The summed E-state index contributed by atoms with van der Waals surface area (Å²) >= 11 is 0. The highest BCUT2D eigenvalue weighted by atomic mass is 15.0. The molecule has 60 valence electrons. The fourth-order valence-corrected chi connectivity index (χ4v) is 1.66. The van der Waals surface area contributed by atoms with Crippen molar-refractivity contribution in [1.29, 1.82) is 0 Å². The average molecular weight is 150 g/mol. The Bertz CT molecular complexity index is 227. The topological polar surface area (TPSA) is 17.0 Å². The molecule has 1 N–H and O–H groups in total. The van der Waals surface area contributed by atoms with E-state index < -0.39 is 0 Å². The molecule has 1 aliphatic heterocycles. The number of nitrogens with zero attached hydrogens (tertiary/aromatic N) is 1. The van der Waals surface area contributed by atoms with Gasteiger partial charge in [-0.2, -0.15) is 0 Å². The Hall–Kier alpha value is -0.760.